The van der Waals surface area contributed by atoms with Crippen LogP contribution < -0.4 is 5.32 Å². The average molecular weight is 415 g/mol. The Hall–Kier alpha value is -2.90. The number of rotatable bonds is 5. The second-order valence-corrected chi connectivity index (χ2v) is 7.19. The Kier molecular flexibility index (Phi) is 5.02. The van der Waals surface area contributed by atoms with E-state index in [2.05, 4.69) is 20.7 Å². The van der Waals surface area contributed by atoms with Crippen molar-refractivity contribution in [2.75, 3.05) is 5.32 Å². The summed E-state index contributed by atoms with van der Waals surface area (Å²) in [5, 5.41) is 16.5. The molecule has 0 aliphatic heterocycles. The smallest absolute Gasteiger partial charge is 0.247 e. The number of aromatic nitrogens is 5. The van der Waals surface area contributed by atoms with E-state index in [0.29, 0.717) is 22.4 Å². The van der Waals surface area contributed by atoms with E-state index in [4.69, 9.17) is 23.2 Å². The zero-order valence-corrected chi connectivity index (χ0v) is 16.4. The van der Waals surface area contributed by atoms with Gasteiger partial charge in [-0.15, -0.1) is 5.10 Å². The highest BCUT2D eigenvalue weighted by Crippen LogP contribution is 2.22. The van der Waals surface area contributed by atoms with E-state index < -0.39 is 0 Å². The number of nitrogens with zero attached hydrogens (tertiary/aromatic N) is 5. The van der Waals surface area contributed by atoms with Gasteiger partial charge < -0.3 is 5.32 Å². The summed E-state index contributed by atoms with van der Waals surface area (Å²) in [5.74, 6) is 0.238. The molecular weight excluding hydrogens is 399 g/mol. The Morgan fingerprint density at radius 1 is 1.11 bits per heavy atom. The molecule has 1 amide bonds. The van der Waals surface area contributed by atoms with Crippen LogP contribution in [0.3, 0.4) is 0 Å². The Balaban J connectivity index is 1.46. The fourth-order valence-corrected chi connectivity index (χ4v) is 3.36. The number of hydrogen-bond acceptors (Lipinski definition) is 4. The molecule has 0 aliphatic carbocycles. The Labute approximate surface area is 170 Å². The molecule has 142 valence electrons. The van der Waals surface area contributed by atoms with Crippen LogP contribution in [0.1, 0.15) is 11.3 Å². The summed E-state index contributed by atoms with van der Waals surface area (Å²) in [4.78, 5) is 12.4. The molecule has 4 rings (SSSR count). The third-order valence-electron chi connectivity index (χ3n) is 4.30. The van der Waals surface area contributed by atoms with Crippen LogP contribution >= 0.6 is 23.2 Å². The van der Waals surface area contributed by atoms with E-state index >= 15 is 0 Å². The van der Waals surface area contributed by atoms with Crippen molar-refractivity contribution in [1.29, 1.82) is 0 Å². The molecule has 0 fully saturated rings. The first-order valence-electron chi connectivity index (χ1n) is 8.56. The van der Waals surface area contributed by atoms with Crippen LogP contribution in [0, 0.1) is 6.92 Å². The number of benzene rings is 2. The number of nitrogens with one attached hydrogen (secondary N) is 1. The summed E-state index contributed by atoms with van der Waals surface area (Å²) in [5.41, 5.74) is 3.34. The maximum Gasteiger partial charge on any atom is 0.247 e. The summed E-state index contributed by atoms with van der Waals surface area (Å²) >= 11 is 12.2. The number of hydrogen-bond donors (Lipinski definition) is 1. The minimum Gasteiger partial charge on any atom is -0.308 e. The highest BCUT2D eigenvalue weighted by molar-refractivity contribution is 6.35. The summed E-state index contributed by atoms with van der Waals surface area (Å²) in [7, 11) is 0. The summed E-state index contributed by atoms with van der Waals surface area (Å²) < 4.78 is 3.33. The number of halogens is 2. The van der Waals surface area contributed by atoms with Crippen LogP contribution in [0.2, 0.25) is 10.0 Å². The fraction of sp³-hybridized carbons (Fsp3) is 0.158. The topological polar surface area (TPSA) is 77.6 Å². The molecular formula is C19H16Cl2N6O. The molecule has 2 aromatic heterocycles. The largest absolute Gasteiger partial charge is 0.308 e. The monoisotopic (exact) mass is 414 g/mol. The molecule has 28 heavy (non-hydrogen) atoms. The number of amides is 1. The normalized spacial score (nSPS) is 11.1. The third kappa shape index (κ3) is 3.85. The second kappa shape index (κ2) is 7.61. The minimum atomic E-state index is -0.232. The summed E-state index contributed by atoms with van der Waals surface area (Å²) in [6.07, 6.45) is 0. The predicted molar refractivity (Wildman–Crippen MR) is 109 cm³/mol. The molecule has 0 radical (unpaired) electrons. The number of carbonyl (C=O) groups excluding carboxylic acids is 1. The minimum absolute atomic E-state index is 0.0510. The van der Waals surface area contributed by atoms with Gasteiger partial charge in [-0.1, -0.05) is 46.6 Å². The number of aryl methyl sites for hydroxylation is 1. The maximum absolute atomic E-state index is 12.4. The molecule has 4 aromatic rings. The lowest BCUT2D eigenvalue weighted by molar-refractivity contribution is -0.116. The fourth-order valence-electron chi connectivity index (χ4n) is 2.90. The number of para-hydroxylation sites is 1. The lowest BCUT2D eigenvalue weighted by Gasteiger charge is -2.07. The lowest BCUT2D eigenvalue weighted by atomic mass is 10.2. The van der Waals surface area contributed by atoms with Crippen molar-refractivity contribution in [2.45, 2.75) is 20.0 Å². The van der Waals surface area contributed by atoms with E-state index in [9.17, 15) is 4.79 Å². The van der Waals surface area contributed by atoms with E-state index in [0.717, 1.165) is 22.3 Å². The molecule has 0 saturated carbocycles. The lowest BCUT2D eigenvalue weighted by Crippen LogP contribution is -2.20. The molecule has 0 unspecified atom stereocenters. The molecule has 0 aliphatic rings. The summed E-state index contributed by atoms with van der Waals surface area (Å²) in [6, 6.07) is 14.6. The van der Waals surface area contributed by atoms with Gasteiger partial charge in [-0.3, -0.25) is 9.48 Å². The molecule has 0 spiro atoms. The van der Waals surface area contributed by atoms with Gasteiger partial charge in [0.05, 0.1) is 12.1 Å². The summed E-state index contributed by atoms with van der Waals surface area (Å²) in [6.45, 7) is 2.44. The van der Waals surface area contributed by atoms with Gasteiger partial charge in [-0.05, 0) is 36.8 Å². The number of fused-ring (bicyclic) bond motifs is 1. The van der Waals surface area contributed by atoms with Crippen molar-refractivity contribution >= 4 is 46.0 Å². The second-order valence-electron chi connectivity index (χ2n) is 6.35. The van der Waals surface area contributed by atoms with Gasteiger partial charge in [0.1, 0.15) is 12.1 Å². The first kappa shape index (κ1) is 18.5. The SMILES string of the molecule is Cc1cc(NC(=O)Cn2nnc3ccccc32)nn1Cc1ccc(Cl)cc1Cl. The Morgan fingerprint density at radius 2 is 1.93 bits per heavy atom. The molecule has 7 nitrogen and oxygen atoms in total. The van der Waals surface area contributed by atoms with Crippen LogP contribution in [0.5, 0.6) is 0 Å². The van der Waals surface area contributed by atoms with Crippen LogP contribution in [-0.4, -0.2) is 30.7 Å². The number of anilines is 1. The molecule has 0 bridgehead atoms. The Bertz CT molecular complexity index is 1170. The van der Waals surface area contributed by atoms with E-state index in [-0.39, 0.29) is 12.5 Å². The van der Waals surface area contributed by atoms with Gasteiger partial charge in [0.25, 0.3) is 0 Å². The van der Waals surface area contributed by atoms with Crippen LogP contribution in [0.4, 0.5) is 5.82 Å². The van der Waals surface area contributed by atoms with Gasteiger partial charge in [-0.25, -0.2) is 4.68 Å². The maximum atomic E-state index is 12.4. The molecule has 1 N–H and O–H groups in total. The van der Waals surface area contributed by atoms with Crippen LogP contribution in [-0.2, 0) is 17.9 Å². The van der Waals surface area contributed by atoms with Crippen LogP contribution in [0.25, 0.3) is 11.0 Å². The standard InChI is InChI=1S/C19H16Cl2N6O/c1-12-8-18(24-26(12)10-13-6-7-14(20)9-15(13)21)22-19(28)11-27-17-5-3-2-4-16(17)23-25-27/h2-9H,10-11H2,1H3,(H,22,24,28). The highest BCUT2D eigenvalue weighted by Gasteiger charge is 2.12. The van der Waals surface area contributed by atoms with Gasteiger partial charge in [0.2, 0.25) is 5.91 Å². The van der Waals surface area contributed by atoms with Gasteiger partial charge in [-0.2, -0.15) is 5.10 Å². The van der Waals surface area contributed by atoms with Crippen molar-refractivity contribution in [3.8, 4) is 0 Å². The van der Waals surface area contributed by atoms with Gasteiger partial charge in [0, 0.05) is 21.8 Å². The van der Waals surface area contributed by atoms with Crippen LogP contribution in [0.15, 0.2) is 48.5 Å². The van der Waals surface area contributed by atoms with Crippen molar-refractivity contribution < 1.29 is 4.79 Å². The van der Waals surface area contributed by atoms with Crippen molar-refractivity contribution in [1.82, 2.24) is 24.8 Å². The van der Waals surface area contributed by atoms with E-state index in [1.165, 1.54) is 0 Å². The van der Waals surface area contributed by atoms with Crippen molar-refractivity contribution in [2.24, 2.45) is 0 Å². The average Bonchev–Trinajstić information content (AvgIpc) is 3.21. The third-order valence-corrected chi connectivity index (χ3v) is 4.88. The van der Waals surface area contributed by atoms with E-state index in [1.54, 1.807) is 27.6 Å². The molecule has 0 atom stereocenters. The van der Waals surface area contributed by atoms with Crippen molar-refractivity contribution in [3.05, 3.63) is 69.8 Å². The quantitative estimate of drug-likeness (QED) is 0.536. The van der Waals surface area contributed by atoms with Crippen molar-refractivity contribution in [3.63, 3.8) is 0 Å². The molecule has 2 heterocycles. The number of carbonyl (C=O) groups is 1. The molecule has 2 aromatic carbocycles. The van der Waals surface area contributed by atoms with Gasteiger partial charge in [0.15, 0.2) is 5.82 Å². The van der Waals surface area contributed by atoms with Gasteiger partial charge >= 0.3 is 0 Å². The first-order valence-corrected chi connectivity index (χ1v) is 9.31. The zero-order valence-electron chi connectivity index (χ0n) is 14.9. The molecule has 0 saturated heterocycles. The zero-order chi connectivity index (χ0) is 19.7. The Morgan fingerprint density at radius 3 is 2.75 bits per heavy atom. The predicted octanol–water partition coefficient (Wildman–Crippen LogP) is 3.93. The molecule has 9 heteroatoms. The van der Waals surface area contributed by atoms with E-state index in [1.807, 2.05) is 37.3 Å². The highest BCUT2D eigenvalue weighted by atomic mass is 35.5. The first-order chi connectivity index (χ1) is 13.5.